The molecule has 0 bridgehead atoms. The van der Waals surface area contributed by atoms with Crippen LogP contribution in [0.5, 0.6) is 0 Å². The number of piperidine rings is 1. The third kappa shape index (κ3) is 31.0. The molecular formula is C112H160Br2N11O2S5+3. The zero-order valence-electron chi connectivity index (χ0n) is 80.7. The number of aryl methyl sites for hydroxylation is 10. The van der Waals surface area contributed by atoms with Gasteiger partial charge in [0.05, 0.1) is 179 Å². The summed E-state index contributed by atoms with van der Waals surface area (Å²) < 4.78 is 10.1. The van der Waals surface area contributed by atoms with Gasteiger partial charge in [0.2, 0.25) is 0 Å². The lowest BCUT2D eigenvalue weighted by Crippen LogP contribution is -3.00. The van der Waals surface area contributed by atoms with E-state index in [0.29, 0.717) is 19.7 Å². The number of ether oxygens (including phenoxy) is 1. The summed E-state index contributed by atoms with van der Waals surface area (Å²) in [4.78, 5) is 43.1. The zero-order valence-corrected chi connectivity index (χ0v) is 87.9. The Balaban J connectivity index is 0.000000202. The van der Waals surface area contributed by atoms with Crippen molar-refractivity contribution in [3.05, 3.63) is 268 Å². The smallest absolute Gasteiger partial charge is 0.410 e. The number of carbonyl (C=O) groups is 1. The summed E-state index contributed by atoms with van der Waals surface area (Å²) >= 11 is 7.56. The number of hydrogen-bond acceptors (Lipinski definition) is 12. The Kier molecular flexibility index (Phi) is 43.4. The summed E-state index contributed by atoms with van der Waals surface area (Å²) in [6.07, 6.45) is 9.34. The fourth-order valence-electron chi connectivity index (χ4n) is 18.9. The predicted octanol–water partition coefficient (Wildman–Crippen LogP) is 18.6. The summed E-state index contributed by atoms with van der Waals surface area (Å²) in [5.74, 6) is 0. The predicted molar refractivity (Wildman–Crippen MR) is 567 cm³/mol. The number of amides is 1. The van der Waals surface area contributed by atoms with Crippen LogP contribution in [0.25, 0.3) is 0 Å². The van der Waals surface area contributed by atoms with Crippen LogP contribution in [-0.4, -0.2) is 253 Å². The molecule has 716 valence electrons. The highest BCUT2D eigenvalue weighted by Crippen LogP contribution is 2.44. The average Bonchev–Trinajstić information content (AvgIpc) is 1.18. The number of anilines is 5. The largest absolute Gasteiger partial charge is 1.00 e. The van der Waals surface area contributed by atoms with Gasteiger partial charge in [-0.3, -0.25) is 0 Å². The number of nitrogens with zero attached hydrogens (tertiary/aromatic N) is 11. The molecule has 20 heteroatoms. The fourth-order valence-corrected chi connectivity index (χ4v) is 24.9. The maximum atomic E-state index is 12.4. The highest BCUT2D eigenvalue weighted by molar-refractivity contribution is 8.00. The van der Waals surface area contributed by atoms with E-state index in [0.717, 1.165) is 67.9 Å². The van der Waals surface area contributed by atoms with Gasteiger partial charge in [0.1, 0.15) is 19.4 Å². The van der Waals surface area contributed by atoms with Crippen molar-refractivity contribution in [3.63, 3.8) is 0 Å². The molecule has 0 aliphatic carbocycles. The monoisotopic (exact) mass is 2010 g/mol. The van der Waals surface area contributed by atoms with Gasteiger partial charge < -0.3 is 90.9 Å². The zero-order chi connectivity index (χ0) is 89.8. The quantitative estimate of drug-likeness (QED) is 0.0607. The maximum absolute atomic E-state index is 12.4. The minimum atomic E-state index is -0.193. The molecule has 7 heterocycles. The third-order valence-corrected chi connectivity index (χ3v) is 34.0. The van der Waals surface area contributed by atoms with E-state index in [2.05, 4.69) is 360 Å². The highest BCUT2D eigenvalue weighted by atomic mass is 79.9. The first kappa shape index (κ1) is 110. The summed E-state index contributed by atoms with van der Waals surface area (Å²) in [7, 11) is 13.3. The minimum absolute atomic E-state index is 0. The Bertz CT molecular complexity index is 5240. The summed E-state index contributed by atoms with van der Waals surface area (Å²) in [6.45, 7) is 51.1. The number of likely N-dealkylation sites (N-methyl/N-ethyl adjacent to an activating group) is 3. The Morgan fingerprint density at radius 1 is 0.333 bits per heavy atom. The van der Waals surface area contributed by atoms with Gasteiger partial charge in [0.25, 0.3) is 0 Å². The van der Waals surface area contributed by atoms with Crippen molar-refractivity contribution < 1.29 is 61.4 Å². The number of carbonyl (C=O) groups excluding carboxylic acids is 1. The van der Waals surface area contributed by atoms with Crippen molar-refractivity contribution in [2.45, 2.75) is 173 Å². The van der Waals surface area contributed by atoms with Gasteiger partial charge in [-0.1, -0.05) is 218 Å². The molecule has 1 atom stereocenters. The Morgan fingerprint density at radius 3 is 0.962 bits per heavy atom. The Hall–Kier alpha value is -7.02. The van der Waals surface area contributed by atoms with Crippen molar-refractivity contribution in [1.82, 2.24) is 9.80 Å². The summed E-state index contributed by atoms with van der Waals surface area (Å²) in [5.41, 5.74) is 20.3. The molecule has 7 aliphatic rings. The number of halogens is 2. The van der Waals surface area contributed by atoms with Crippen molar-refractivity contribution in [3.8, 4) is 0 Å². The molecule has 1 unspecified atom stereocenters. The van der Waals surface area contributed by atoms with Gasteiger partial charge in [-0.05, 0) is 209 Å². The number of quaternary nitrogens is 4. The number of piperazine rings is 5. The van der Waals surface area contributed by atoms with Gasteiger partial charge in [-0.15, -0.1) is 0 Å². The van der Waals surface area contributed by atoms with Gasteiger partial charge in [-0.2, -0.15) is 0 Å². The summed E-state index contributed by atoms with van der Waals surface area (Å²) in [5, 5.41) is 0. The second-order valence-electron chi connectivity index (χ2n) is 38.6. The van der Waals surface area contributed by atoms with E-state index in [-0.39, 0.29) is 73.2 Å². The summed E-state index contributed by atoms with van der Waals surface area (Å²) in [6, 6.07) is 78.1. The van der Waals surface area contributed by atoms with Gasteiger partial charge in [0, 0.05) is 110 Å². The van der Waals surface area contributed by atoms with Crippen molar-refractivity contribution in [2.75, 3.05) is 243 Å². The number of benzene rings is 10. The first-order valence-corrected chi connectivity index (χ1v) is 51.8. The lowest BCUT2D eigenvalue weighted by Gasteiger charge is -2.47. The van der Waals surface area contributed by atoms with Gasteiger partial charge in [0.15, 0.2) is 9.79 Å². The van der Waals surface area contributed by atoms with Crippen LogP contribution in [0.3, 0.4) is 0 Å². The Labute approximate surface area is 840 Å². The molecule has 10 aromatic rings. The standard InChI is InChI=1S/C24H34N3O2S.C23H31N2S.C22H29N2S.2C20H27N2S.3CH4.2BrH/c1-19-10-11-22(20(2)18-19)30-23-9-7-6-8-21(23)25-12-14-26(15-13-25)24(28)29-17-16-27(3,4)5;1-19-10-11-22(20(2)18-19)26-23-9-5-4-8-21(23)24-12-16-25(17-13-24)14-6-3-7-15-25;1-18-9-10-21(19(2)17-18)25-22-8-4-3-7-20(22)23-11-15-24(16-12-23)13-5-6-14-24;1-16-9-10-19(17(2)15-16)23-20-8-6-5-7-18(20)21-11-13-22(3,4)14-12-21;1-16-9-10-19(17(2)15-16)23(4)20-8-6-5-7-18(20)22-13-11-21(3)12-14-22;;;;;/h6-11,18H,12-17H2,1-5H3;4-5,8-11,18H,3,6-7,12-17H2,1-2H3;3-4,7-10,17H,5-6,11-16H2,1-2H3;2*5-10,15H,11-14H2,1-4H3;3*1H4;2*1H/q5*+1;;;;;/p-2. The number of para-hydroxylation sites is 5. The molecule has 7 aliphatic heterocycles. The van der Waals surface area contributed by atoms with Crippen LogP contribution >= 0.6 is 47.0 Å². The molecule has 0 radical (unpaired) electrons. The third-order valence-electron chi connectivity index (χ3n) is 26.9. The van der Waals surface area contributed by atoms with Crippen LogP contribution < -0.4 is 58.5 Å². The highest BCUT2D eigenvalue weighted by Gasteiger charge is 2.38. The Morgan fingerprint density at radius 2 is 0.621 bits per heavy atom. The van der Waals surface area contributed by atoms with Crippen LogP contribution in [0.2, 0.25) is 0 Å². The molecular weight excluding hydrogens is 1850 g/mol. The molecule has 17 rings (SSSR count). The van der Waals surface area contributed by atoms with Crippen LogP contribution in [0.4, 0.5) is 33.2 Å². The molecule has 7 saturated heterocycles. The molecule has 132 heavy (non-hydrogen) atoms. The van der Waals surface area contributed by atoms with Crippen LogP contribution in [0.15, 0.2) is 261 Å². The molecule has 0 N–H and O–H groups in total. The topological polar surface area (TPSA) is 49.0 Å². The van der Waals surface area contributed by atoms with E-state index in [9.17, 15) is 4.79 Å². The van der Waals surface area contributed by atoms with Crippen LogP contribution in [-0.2, 0) is 15.6 Å². The number of rotatable bonds is 18. The van der Waals surface area contributed by atoms with E-state index in [1.807, 2.05) is 51.9 Å². The normalized spacial score (nSPS) is 16.9. The molecule has 0 saturated carbocycles. The molecule has 10 aromatic carbocycles. The second-order valence-corrected chi connectivity index (χ2v) is 44.8. The minimum Gasteiger partial charge on any atom is -1.00 e. The molecule has 2 spiro atoms. The van der Waals surface area contributed by atoms with Gasteiger partial charge in [-0.25, -0.2) is 4.79 Å². The first-order chi connectivity index (χ1) is 61.0. The van der Waals surface area contributed by atoms with Crippen LogP contribution in [0, 0.1) is 69.2 Å². The second kappa shape index (κ2) is 52.0. The van der Waals surface area contributed by atoms with E-state index in [4.69, 9.17) is 4.74 Å². The SMILES string of the molecule is C.C.C.Cc1ccc(Sc2ccccc2N2CCN(C(=O)OCC[N+](C)(C)C)CC2)c(C)c1.Cc1ccc(Sc2ccccc2N2CC[N+](C)(C)CC2)c(C)c1.Cc1ccc(Sc2ccccc2N2CC[N+]3(CCCC3)CC2)c(C)c1.Cc1ccc(Sc2ccccc2N2CC[N+]3(CCCCC3)CC2)c(C)c1.Cc1ccc([S+](C)c2ccccc2N2CCN(C)CC2)c(C)c1.[Br-].[Br-]. The van der Waals surface area contributed by atoms with Crippen LogP contribution in [0.1, 0.15) is 110 Å². The lowest BCUT2D eigenvalue weighted by molar-refractivity contribution is -0.932. The number of hydrogen-bond donors (Lipinski definition) is 0. The van der Waals surface area contributed by atoms with E-state index >= 15 is 0 Å². The molecule has 13 nitrogen and oxygen atoms in total. The van der Waals surface area contributed by atoms with E-state index < -0.39 is 0 Å². The molecule has 0 aromatic heterocycles. The van der Waals surface area contributed by atoms with Crippen molar-refractivity contribution in [2.24, 2.45) is 0 Å². The fraction of sp³-hybridized carbons (Fsp3) is 0.455. The van der Waals surface area contributed by atoms with E-state index in [1.165, 1.54) is 266 Å². The lowest BCUT2D eigenvalue weighted by atomic mass is 10.1. The van der Waals surface area contributed by atoms with E-state index in [1.54, 1.807) is 0 Å². The molecule has 1 amide bonds. The van der Waals surface area contributed by atoms with Crippen molar-refractivity contribution >= 4 is 92.5 Å². The first-order valence-electron chi connectivity index (χ1n) is 46.9. The molecule has 7 fully saturated rings. The maximum Gasteiger partial charge on any atom is 0.410 e. The van der Waals surface area contributed by atoms with Crippen molar-refractivity contribution in [1.29, 1.82) is 0 Å². The van der Waals surface area contributed by atoms with Gasteiger partial charge >= 0.3 is 6.09 Å². The average molecular weight is 2010 g/mol.